The highest BCUT2D eigenvalue weighted by Gasteiger charge is 2.33. The molecule has 5 rings (SSSR count). The minimum Gasteiger partial charge on any atom is -0.477 e. The maximum atomic E-state index is 15.6. The fourth-order valence-electron chi connectivity index (χ4n) is 4.11. The minimum absolute atomic E-state index is 0.0352. The minimum atomic E-state index is -1.41. The summed E-state index contributed by atoms with van der Waals surface area (Å²) in [5, 5.41) is 15.7. The van der Waals surface area contributed by atoms with Gasteiger partial charge in [-0.1, -0.05) is 0 Å². The van der Waals surface area contributed by atoms with Gasteiger partial charge >= 0.3 is 5.97 Å². The van der Waals surface area contributed by atoms with Gasteiger partial charge in [-0.2, -0.15) is 5.10 Å². The van der Waals surface area contributed by atoms with Crippen LogP contribution in [0.5, 0.6) is 0 Å². The summed E-state index contributed by atoms with van der Waals surface area (Å²) in [6.07, 6.45) is 4.72. The highest BCUT2D eigenvalue weighted by molar-refractivity contribution is 5.94. The van der Waals surface area contributed by atoms with Gasteiger partial charge in [0.15, 0.2) is 5.82 Å². The van der Waals surface area contributed by atoms with Crippen molar-refractivity contribution >= 4 is 22.6 Å². The second-order valence-corrected chi connectivity index (χ2v) is 7.53. The SMILES string of the molecule is O=C(O)c1cn(C2CC2)c2c(F)c(N3CCC(c4ncn[nH]4)C3)c(F)cc2c1=O. The van der Waals surface area contributed by atoms with Crippen LogP contribution < -0.4 is 10.3 Å². The van der Waals surface area contributed by atoms with Gasteiger partial charge in [0.05, 0.1) is 10.9 Å². The van der Waals surface area contributed by atoms with Gasteiger partial charge in [-0.3, -0.25) is 9.89 Å². The van der Waals surface area contributed by atoms with E-state index < -0.39 is 28.6 Å². The molecule has 1 aromatic carbocycles. The summed E-state index contributed by atoms with van der Waals surface area (Å²) in [4.78, 5) is 29.7. The van der Waals surface area contributed by atoms with Crippen molar-refractivity contribution in [3.8, 4) is 0 Å². The zero-order valence-electron chi connectivity index (χ0n) is 15.2. The Morgan fingerprint density at radius 3 is 2.72 bits per heavy atom. The van der Waals surface area contributed by atoms with Crippen LogP contribution in [0.3, 0.4) is 0 Å². The van der Waals surface area contributed by atoms with Crippen molar-refractivity contribution in [3.05, 3.63) is 51.8 Å². The van der Waals surface area contributed by atoms with E-state index in [1.54, 1.807) is 4.90 Å². The van der Waals surface area contributed by atoms with Crippen molar-refractivity contribution in [3.63, 3.8) is 0 Å². The molecule has 1 saturated carbocycles. The number of benzene rings is 1. The van der Waals surface area contributed by atoms with Gasteiger partial charge in [0, 0.05) is 31.2 Å². The number of aromatic amines is 1. The first-order chi connectivity index (χ1) is 14.0. The number of H-pyrrole nitrogens is 1. The number of carboxylic acids is 1. The molecule has 29 heavy (non-hydrogen) atoms. The Kier molecular flexibility index (Phi) is 3.90. The molecule has 1 saturated heterocycles. The van der Waals surface area contributed by atoms with Crippen LogP contribution in [0, 0.1) is 11.6 Å². The highest BCUT2D eigenvalue weighted by atomic mass is 19.1. The largest absolute Gasteiger partial charge is 0.477 e. The van der Waals surface area contributed by atoms with Crippen LogP contribution in [0.2, 0.25) is 0 Å². The molecule has 2 aliphatic rings. The molecular weight excluding hydrogens is 384 g/mol. The Hall–Kier alpha value is -3.30. The number of fused-ring (bicyclic) bond motifs is 1. The molecule has 0 radical (unpaired) electrons. The Bertz CT molecular complexity index is 1190. The molecule has 1 aliphatic carbocycles. The molecule has 2 aromatic heterocycles. The number of aromatic nitrogens is 4. The van der Waals surface area contributed by atoms with E-state index in [1.807, 2.05) is 0 Å². The number of nitrogens with zero attached hydrogens (tertiary/aromatic N) is 4. The number of hydrogen-bond donors (Lipinski definition) is 2. The van der Waals surface area contributed by atoms with Crippen LogP contribution in [0.4, 0.5) is 14.5 Å². The van der Waals surface area contributed by atoms with Crippen molar-refractivity contribution in [1.29, 1.82) is 0 Å². The van der Waals surface area contributed by atoms with E-state index in [0.29, 0.717) is 25.3 Å². The summed E-state index contributed by atoms with van der Waals surface area (Å²) >= 11 is 0. The molecule has 3 heterocycles. The van der Waals surface area contributed by atoms with Crippen LogP contribution in [-0.4, -0.2) is 43.9 Å². The first kappa shape index (κ1) is 17.8. The monoisotopic (exact) mass is 401 g/mol. The van der Waals surface area contributed by atoms with Crippen LogP contribution in [0.15, 0.2) is 23.4 Å². The quantitative estimate of drug-likeness (QED) is 0.696. The number of anilines is 1. The lowest BCUT2D eigenvalue weighted by Crippen LogP contribution is -2.24. The van der Waals surface area contributed by atoms with Gasteiger partial charge in [-0.05, 0) is 25.3 Å². The van der Waals surface area contributed by atoms with E-state index in [9.17, 15) is 19.1 Å². The molecule has 10 heteroatoms. The van der Waals surface area contributed by atoms with Crippen LogP contribution in [0.25, 0.3) is 10.9 Å². The fourth-order valence-corrected chi connectivity index (χ4v) is 4.11. The lowest BCUT2D eigenvalue weighted by molar-refractivity contribution is 0.0695. The number of pyridine rings is 1. The van der Waals surface area contributed by atoms with Crippen molar-refractivity contribution in [2.45, 2.75) is 31.2 Å². The molecule has 2 fully saturated rings. The van der Waals surface area contributed by atoms with Crippen LogP contribution in [-0.2, 0) is 0 Å². The standard InChI is InChI=1S/C19H17F2N5O3/c20-13-5-11-15(26(10-1-2-10)7-12(17(11)27)19(28)29)14(21)16(13)25-4-3-9(6-25)18-22-8-23-24-18/h5,7-10H,1-4,6H2,(H,28,29)(H,22,23,24). The van der Waals surface area contributed by atoms with Crippen molar-refractivity contribution in [1.82, 2.24) is 19.7 Å². The summed E-state index contributed by atoms with van der Waals surface area (Å²) in [5.74, 6) is -2.50. The lowest BCUT2D eigenvalue weighted by Gasteiger charge is -2.22. The van der Waals surface area contributed by atoms with E-state index in [1.165, 1.54) is 17.1 Å². The molecule has 150 valence electrons. The van der Waals surface area contributed by atoms with E-state index in [0.717, 1.165) is 18.9 Å². The van der Waals surface area contributed by atoms with E-state index >= 15 is 4.39 Å². The molecule has 0 bridgehead atoms. The number of hydrogen-bond acceptors (Lipinski definition) is 5. The average molecular weight is 401 g/mol. The van der Waals surface area contributed by atoms with E-state index in [-0.39, 0.29) is 28.6 Å². The molecule has 1 aliphatic heterocycles. The van der Waals surface area contributed by atoms with Gasteiger partial charge in [-0.25, -0.2) is 18.6 Å². The van der Waals surface area contributed by atoms with E-state index in [4.69, 9.17) is 0 Å². The smallest absolute Gasteiger partial charge is 0.341 e. The molecule has 0 amide bonds. The summed E-state index contributed by atoms with van der Waals surface area (Å²) in [5.41, 5.74) is -1.60. The zero-order chi connectivity index (χ0) is 20.3. The Morgan fingerprint density at radius 1 is 1.28 bits per heavy atom. The van der Waals surface area contributed by atoms with Gasteiger partial charge in [0.1, 0.15) is 29.2 Å². The normalized spacial score (nSPS) is 19.2. The molecule has 1 atom stereocenters. The maximum Gasteiger partial charge on any atom is 0.341 e. The first-order valence-corrected chi connectivity index (χ1v) is 9.36. The summed E-state index contributed by atoms with van der Waals surface area (Å²) < 4.78 is 32.0. The third-order valence-electron chi connectivity index (χ3n) is 5.68. The van der Waals surface area contributed by atoms with Crippen molar-refractivity contribution < 1.29 is 18.7 Å². The first-order valence-electron chi connectivity index (χ1n) is 9.36. The Labute approximate surface area is 162 Å². The summed E-state index contributed by atoms with van der Waals surface area (Å²) in [6.45, 7) is 0.779. The number of nitrogens with one attached hydrogen (secondary N) is 1. The van der Waals surface area contributed by atoms with Gasteiger partial charge in [0.2, 0.25) is 5.43 Å². The van der Waals surface area contributed by atoms with Crippen LogP contribution in [0.1, 0.15) is 47.4 Å². The van der Waals surface area contributed by atoms with Gasteiger partial charge in [0.25, 0.3) is 0 Å². The third kappa shape index (κ3) is 2.78. The Balaban J connectivity index is 1.66. The number of halogens is 2. The van der Waals surface area contributed by atoms with Crippen molar-refractivity contribution in [2.75, 3.05) is 18.0 Å². The number of aromatic carboxylic acids is 1. The second-order valence-electron chi connectivity index (χ2n) is 7.53. The molecule has 0 spiro atoms. The predicted octanol–water partition coefficient (Wildman–Crippen LogP) is 2.42. The summed E-state index contributed by atoms with van der Waals surface area (Å²) in [7, 11) is 0. The number of carboxylic acid groups (broad SMARTS) is 1. The second kappa shape index (κ2) is 6.36. The lowest BCUT2D eigenvalue weighted by atomic mass is 10.1. The third-order valence-corrected chi connectivity index (χ3v) is 5.68. The number of carbonyl (C=O) groups is 1. The summed E-state index contributed by atoms with van der Waals surface area (Å²) in [6, 6.07) is 0.868. The topological polar surface area (TPSA) is 104 Å². The van der Waals surface area contributed by atoms with Crippen LogP contribution >= 0.6 is 0 Å². The Morgan fingerprint density at radius 2 is 2.07 bits per heavy atom. The molecular formula is C19H17F2N5O3. The van der Waals surface area contributed by atoms with Crippen molar-refractivity contribution in [2.24, 2.45) is 0 Å². The maximum absolute atomic E-state index is 15.6. The van der Waals surface area contributed by atoms with Gasteiger partial charge < -0.3 is 14.6 Å². The molecule has 3 aromatic rings. The predicted molar refractivity (Wildman–Crippen MR) is 99.3 cm³/mol. The highest BCUT2D eigenvalue weighted by Crippen LogP contribution is 2.40. The molecule has 2 N–H and O–H groups in total. The molecule has 1 unspecified atom stereocenters. The number of rotatable bonds is 4. The fraction of sp³-hybridized carbons (Fsp3) is 0.368. The molecule has 8 nitrogen and oxygen atoms in total. The van der Waals surface area contributed by atoms with E-state index in [2.05, 4.69) is 15.2 Å². The van der Waals surface area contributed by atoms with Gasteiger partial charge in [-0.15, -0.1) is 0 Å². The average Bonchev–Trinajstić information content (AvgIpc) is 3.16. The zero-order valence-corrected chi connectivity index (χ0v) is 15.2.